The van der Waals surface area contributed by atoms with E-state index in [4.69, 9.17) is 10.4 Å². The number of nitrogens with zero attached hydrogens (tertiary/aromatic N) is 2. The van der Waals surface area contributed by atoms with Gasteiger partial charge in [-0.1, -0.05) is 13.0 Å². The summed E-state index contributed by atoms with van der Waals surface area (Å²) in [7, 11) is 0. The summed E-state index contributed by atoms with van der Waals surface area (Å²) in [5, 5.41) is 17.2. The zero-order valence-electron chi connectivity index (χ0n) is 7.53. The van der Waals surface area contributed by atoms with Crippen molar-refractivity contribution in [2.24, 2.45) is 5.92 Å². The second-order valence-corrected chi connectivity index (χ2v) is 3.34. The fourth-order valence-electron chi connectivity index (χ4n) is 1.55. The second-order valence-electron chi connectivity index (χ2n) is 3.34. The molecule has 1 N–H and O–H groups in total. The summed E-state index contributed by atoms with van der Waals surface area (Å²) in [5.41, 5.74) is 0.667. The first-order valence-corrected chi connectivity index (χ1v) is 4.16. The Hall–Kier alpha value is -1.34. The smallest absolute Gasteiger partial charge is 0.317 e. The maximum absolute atomic E-state index is 10.4. The molecule has 4 heteroatoms. The van der Waals surface area contributed by atoms with Crippen molar-refractivity contribution in [1.29, 1.82) is 5.26 Å². The lowest BCUT2D eigenvalue weighted by Crippen LogP contribution is -2.37. The number of aliphatic carboxylic acids is 1. The second kappa shape index (κ2) is 4.06. The molecule has 1 atom stereocenters. The molecule has 0 radical (unpaired) electrons. The molecule has 0 spiro atoms. The van der Waals surface area contributed by atoms with Gasteiger partial charge in [-0.15, -0.1) is 0 Å². The molecular formula is C9H12N2O2. The molecule has 13 heavy (non-hydrogen) atoms. The highest BCUT2D eigenvalue weighted by atomic mass is 16.4. The van der Waals surface area contributed by atoms with Crippen molar-refractivity contribution >= 4 is 5.97 Å². The molecule has 0 aromatic heterocycles. The maximum atomic E-state index is 10.4. The number of hydrogen-bond donors (Lipinski definition) is 1. The van der Waals surface area contributed by atoms with Gasteiger partial charge in [-0.05, 0) is 5.92 Å². The zero-order chi connectivity index (χ0) is 9.84. The summed E-state index contributed by atoms with van der Waals surface area (Å²) in [6.45, 7) is 3.18. The van der Waals surface area contributed by atoms with Crippen molar-refractivity contribution in [2.45, 2.75) is 6.92 Å². The monoisotopic (exact) mass is 180 g/mol. The van der Waals surface area contributed by atoms with Crippen LogP contribution in [0.1, 0.15) is 6.92 Å². The van der Waals surface area contributed by atoms with Gasteiger partial charge in [-0.2, -0.15) is 5.26 Å². The highest BCUT2D eigenvalue weighted by Gasteiger charge is 2.18. The Morgan fingerprint density at radius 1 is 1.92 bits per heavy atom. The topological polar surface area (TPSA) is 64.3 Å². The lowest BCUT2D eigenvalue weighted by molar-refractivity contribution is -0.138. The van der Waals surface area contributed by atoms with Crippen molar-refractivity contribution in [3.05, 3.63) is 11.6 Å². The molecule has 0 saturated carbocycles. The van der Waals surface area contributed by atoms with Gasteiger partial charge in [-0.3, -0.25) is 9.69 Å². The van der Waals surface area contributed by atoms with Gasteiger partial charge in [-0.25, -0.2) is 0 Å². The molecule has 1 aliphatic heterocycles. The summed E-state index contributed by atoms with van der Waals surface area (Å²) in [4.78, 5) is 12.2. The van der Waals surface area contributed by atoms with E-state index in [0.717, 1.165) is 6.54 Å². The van der Waals surface area contributed by atoms with E-state index >= 15 is 0 Å². The van der Waals surface area contributed by atoms with E-state index in [1.165, 1.54) is 0 Å². The third-order valence-electron chi connectivity index (χ3n) is 1.93. The van der Waals surface area contributed by atoms with Crippen molar-refractivity contribution in [2.75, 3.05) is 19.6 Å². The summed E-state index contributed by atoms with van der Waals surface area (Å²) in [6.07, 6.45) is 1.90. The molecule has 0 aromatic rings. The number of carboxylic acids is 1. The SMILES string of the molecule is CC1C=C(C#N)CN(CC(=O)O)C1. The molecule has 1 aliphatic rings. The first kappa shape index (κ1) is 9.75. The van der Waals surface area contributed by atoms with Gasteiger partial charge in [0.25, 0.3) is 0 Å². The highest BCUT2D eigenvalue weighted by Crippen LogP contribution is 2.13. The molecule has 0 saturated heterocycles. The van der Waals surface area contributed by atoms with Gasteiger partial charge in [0.15, 0.2) is 0 Å². The standard InChI is InChI=1S/C9H12N2O2/c1-7-2-8(3-10)5-11(4-7)6-9(12)13/h2,7H,4-6H2,1H3,(H,12,13). The van der Waals surface area contributed by atoms with Crippen LogP contribution in [0.4, 0.5) is 0 Å². The molecule has 0 fully saturated rings. The van der Waals surface area contributed by atoms with E-state index in [1.54, 1.807) is 4.90 Å². The Bertz CT molecular complexity index is 278. The molecule has 0 aromatic carbocycles. The summed E-state index contributed by atoms with van der Waals surface area (Å²) in [5.74, 6) is -0.575. The maximum Gasteiger partial charge on any atom is 0.317 e. The number of carboxylic acid groups (broad SMARTS) is 1. The van der Waals surface area contributed by atoms with E-state index in [9.17, 15) is 4.79 Å². The molecule has 0 aliphatic carbocycles. The zero-order valence-corrected chi connectivity index (χ0v) is 7.53. The molecule has 1 rings (SSSR count). The van der Waals surface area contributed by atoms with Crippen LogP contribution in [-0.4, -0.2) is 35.6 Å². The minimum atomic E-state index is -0.841. The van der Waals surface area contributed by atoms with E-state index in [2.05, 4.69) is 6.07 Å². The average molecular weight is 180 g/mol. The van der Waals surface area contributed by atoms with Crippen LogP contribution in [0.25, 0.3) is 0 Å². The van der Waals surface area contributed by atoms with Crippen LogP contribution >= 0.6 is 0 Å². The third-order valence-corrected chi connectivity index (χ3v) is 1.93. The van der Waals surface area contributed by atoms with Gasteiger partial charge >= 0.3 is 5.97 Å². The molecule has 70 valence electrons. The summed E-state index contributed by atoms with van der Waals surface area (Å²) >= 11 is 0. The fraction of sp³-hybridized carbons (Fsp3) is 0.556. The van der Waals surface area contributed by atoms with Crippen LogP contribution < -0.4 is 0 Å². The predicted octanol–water partition coefficient (Wildman–Crippen LogP) is 0.473. The Morgan fingerprint density at radius 3 is 3.15 bits per heavy atom. The molecule has 0 bridgehead atoms. The minimum Gasteiger partial charge on any atom is -0.480 e. The Labute approximate surface area is 77.1 Å². The molecule has 1 unspecified atom stereocenters. The van der Waals surface area contributed by atoms with Crippen molar-refractivity contribution < 1.29 is 9.90 Å². The third kappa shape index (κ3) is 2.88. The predicted molar refractivity (Wildman–Crippen MR) is 46.9 cm³/mol. The van der Waals surface area contributed by atoms with E-state index in [0.29, 0.717) is 12.1 Å². The first-order chi connectivity index (χ1) is 6.11. The van der Waals surface area contributed by atoms with Gasteiger partial charge in [0, 0.05) is 18.7 Å². The number of carbonyl (C=O) groups is 1. The molecule has 0 amide bonds. The fourth-order valence-corrected chi connectivity index (χ4v) is 1.55. The summed E-state index contributed by atoms with van der Waals surface area (Å²) in [6, 6.07) is 2.06. The van der Waals surface area contributed by atoms with Crippen LogP contribution in [0.3, 0.4) is 0 Å². The Balaban J connectivity index is 2.60. The first-order valence-electron chi connectivity index (χ1n) is 4.16. The van der Waals surface area contributed by atoms with E-state index in [-0.39, 0.29) is 12.5 Å². The average Bonchev–Trinajstić information content (AvgIpc) is 2.01. The van der Waals surface area contributed by atoms with Crippen molar-refractivity contribution in [3.8, 4) is 6.07 Å². The lowest BCUT2D eigenvalue weighted by atomic mass is 10.0. The van der Waals surface area contributed by atoms with E-state index < -0.39 is 5.97 Å². The highest BCUT2D eigenvalue weighted by molar-refractivity contribution is 5.69. The number of rotatable bonds is 2. The van der Waals surface area contributed by atoms with Crippen LogP contribution in [0, 0.1) is 17.2 Å². The van der Waals surface area contributed by atoms with Crippen LogP contribution in [0.5, 0.6) is 0 Å². The number of nitriles is 1. The molecule has 1 heterocycles. The van der Waals surface area contributed by atoms with Crippen molar-refractivity contribution in [1.82, 2.24) is 4.90 Å². The van der Waals surface area contributed by atoms with Gasteiger partial charge in [0.05, 0.1) is 12.6 Å². The Kier molecular flexibility index (Phi) is 3.04. The quantitative estimate of drug-likeness (QED) is 0.671. The minimum absolute atomic E-state index is 0.0172. The normalized spacial score (nSPS) is 23.4. The van der Waals surface area contributed by atoms with Gasteiger partial charge in [0.1, 0.15) is 0 Å². The molecule has 4 nitrogen and oxygen atoms in total. The largest absolute Gasteiger partial charge is 0.480 e. The van der Waals surface area contributed by atoms with Gasteiger partial charge in [0.2, 0.25) is 0 Å². The van der Waals surface area contributed by atoms with Gasteiger partial charge < -0.3 is 5.11 Å². The lowest BCUT2D eigenvalue weighted by Gasteiger charge is -2.26. The van der Waals surface area contributed by atoms with E-state index in [1.807, 2.05) is 13.0 Å². The van der Waals surface area contributed by atoms with Crippen molar-refractivity contribution in [3.63, 3.8) is 0 Å². The van der Waals surface area contributed by atoms with Crippen LogP contribution in [-0.2, 0) is 4.79 Å². The van der Waals surface area contributed by atoms with Crippen LogP contribution in [0.2, 0.25) is 0 Å². The summed E-state index contributed by atoms with van der Waals surface area (Å²) < 4.78 is 0. The number of hydrogen-bond acceptors (Lipinski definition) is 3. The Morgan fingerprint density at radius 2 is 2.62 bits per heavy atom. The molecular weight excluding hydrogens is 168 g/mol. The van der Waals surface area contributed by atoms with Crippen LogP contribution in [0.15, 0.2) is 11.6 Å².